The Morgan fingerprint density at radius 2 is 2.00 bits per heavy atom. The Morgan fingerprint density at radius 1 is 1.35 bits per heavy atom. The van der Waals surface area contributed by atoms with Crippen LogP contribution in [0.15, 0.2) is 29.2 Å². The fraction of sp³-hybridized carbons (Fsp3) is 0.588. The smallest absolute Gasteiger partial charge is 0.224 e. The van der Waals surface area contributed by atoms with E-state index < -0.39 is 9.84 Å². The second-order valence-corrected chi connectivity index (χ2v) is 8.43. The monoisotopic (exact) mass is 338 g/mol. The van der Waals surface area contributed by atoms with Crippen molar-refractivity contribution >= 4 is 15.7 Å². The van der Waals surface area contributed by atoms with Crippen molar-refractivity contribution in [1.82, 2.24) is 10.2 Å². The summed E-state index contributed by atoms with van der Waals surface area (Å²) in [6, 6.07) is 6.71. The molecule has 2 unspecified atom stereocenters. The van der Waals surface area contributed by atoms with Gasteiger partial charge in [-0.1, -0.05) is 19.1 Å². The average Bonchev–Trinajstić information content (AvgIpc) is 2.51. The summed E-state index contributed by atoms with van der Waals surface area (Å²) in [6.07, 6.45) is 3.95. The summed E-state index contributed by atoms with van der Waals surface area (Å²) < 4.78 is 23.0. The number of nitrogens with zero attached hydrogens (tertiary/aromatic N) is 1. The largest absolute Gasteiger partial charge is 0.349 e. The molecule has 6 heteroatoms. The zero-order valence-corrected chi connectivity index (χ0v) is 14.9. The second kappa shape index (κ2) is 7.45. The van der Waals surface area contributed by atoms with Crippen LogP contribution in [0, 0.1) is 5.92 Å². The van der Waals surface area contributed by atoms with E-state index in [2.05, 4.69) is 10.2 Å². The number of benzene rings is 1. The van der Waals surface area contributed by atoms with E-state index >= 15 is 0 Å². The van der Waals surface area contributed by atoms with Gasteiger partial charge in [0.25, 0.3) is 0 Å². The molecule has 5 nitrogen and oxygen atoms in total. The normalized spacial score (nSPS) is 20.9. The molecule has 0 bridgehead atoms. The molecule has 128 valence electrons. The van der Waals surface area contributed by atoms with E-state index in [1.54, 1.807) is 24.3 Å². The van der Waals surface area contributed by atoms with E-state index in [1.807, 2.05) is 14.0 Å². The fourth-order valence-corrected chi connectivity index (χ4v) is 3.67. The van der Waals surface area contributed by atoms with Gasteiger partial charge in [-0.15, -0.1) is 0 Å². The highest BCUT2D eigenvalue weighted by atomic mass is 32.2. The Labute approximate surface area is 139 Å². The van der Waals surface area contributed by atoms with Crippen LogP contribution in [0.5, 0.6) is 0 Å². The van der Waals surface area contributed by atoms with Crippen LogP contribution in [0.2, 0.25) is 0 Å². The molecular formula is C17H26N2O3S. The molecule has 1 aromatic carbocycles. The van der Waals surface area contributed by atoms with Gasteiger partial charge in [-0.25, -0.2) is 8.42 Å². The van der Waals surface area contributed by atoms with Gasteiger partial charge in [-0.2, -0.15) is 0 Å². The minimum atomic E-state index is -3.19. The number of piperidine rings is 1. The summed E-state index contributed by atoms with van der Waals surface area (Å²) in [5, 5.41) is 3.12. The molecule has 0 spiro atoms. The zero-order chi connectivity index (χ0) is 17.0. The van der Waals surface area contributed by atoms with Crippen LogP contribution in [-0.4, -0.2) is 45.6 Å². The molecule has 1 amide bonds. The van der Waals surface area contributed by atoms with Crippen molar-refractivity contribution in [2.45, 2.75) is 37.1 Å². The summed E-state index contributed by atoms with van der Waals surface area (Å²) >= 11 is 0. The molecule has 0 saturated carbocycles. The lowest BCUT2D eigenvalue weighted by molar-refractivity contribution is -0.127. The zero-order valence-electron chi connectivity index (χ0n) is 14.1. The van der Waals surface area contributed by atoms with Gasteiger partial charge in [0.1, 0.15) is 0 Å². The number of nitrogens with one attached hydrogen (secondary N) is 1. The van der Waals surface area contributed by atoms with Gasteiger partial charge < -0.3 is 10.2 Å². The first-order valence-electron chi connectivity index (χ1n) is 8.10. The molecular weight excluding hydrogens is 312 g/mol. The number of amides is 1. The third-order valence-corrected chi connectivity index (χ3v) is 5.56. The van der Waals surface area contributed by atoms with E-state index in [4.69, 9.17) is 0 Å². The van der Waals surface area contributed by atoms with Gasteiger partial charge in [-0.05, 0) is 50.6 Å². The lowest BCUT2D eigenvalue weighted by Crippen LogP contribution is -2.42. The maximum absolute atomic E-state index is 12.5. The summed E-state index contributed by atoms with van der Waals surface area (Å²) in [7, 11) is -1.15. The number of rotatable bonds is 5. The van der Waals surface area contributed by atoms with Crippen molar-refractivity contribution in [2.75, 3.05) is 26.4 Å². The van der Waals surface area contributed by atoms with Crippen LogP contribution in [0.1, 0.15) is 37.8 Å². The number of carbonyl (C=O) groups is 1. The van der Waals surface area contributed by atoms with Crippen molar-refractivity contribution in [2.24, 2.45) is 5.92 Å². The molecule has 2 rings (SSSR count). The molecule has 23 heavy (non-hydrogen) atoms. The van der Waals surface area contributed by atoms with Gasteiger partial charge >= 0.3 is 0 Å². The standard InChI is InChI=1S/C17H26N2O3S/c1-4-16(13-7-9-15(10-8-13)23(3,21)22)18-17(20)14-6-5-11-19(2)12-14/h7-10,14,16H,4-6,11-12H2,1-3H3,(H,18,20). The predicted molar refractivity (Wildman–Crippen MR) is 90.9 cm³/mol. The lowest BCUT2D eigenvalue weighted by Gasteiger charge is -2.30. The first kappa shape index (κ1) is 17.9. The topological polar surface area (TPSA) is 66.5 Å². The molecule has 0 aliphatic carbocycles. The van der Waals surface area contributed by atoms with Crippen LogP contribution in [0.3, 0.4) is 0 Å². The van der Waals surface area contributed by atoms with Gasteiger partial charge in [0.05, 0.1) is 16.9 Å². The maximum Gasteiger partial charge on any atom is 0.224 e. The van der Waals surface area contributed by atoms with Crippen molar-refractivity contribution in [3.63, 3.8) is 0 Å². The number of carbonyl (C=O) groups excluding carboxylic acids is 1. The third kappa shape index (κ3) is 4.78. The first-order chi connectivity index (χ1) is 10.8. The molecule has 0 aromatic heterocycles. The van der Waals surface area contributed by atoms with Gasteiger partial charge in [0.2, 0.25) is 5.91 Å². The van der Waals surface area contributed by atoms with Crippen LogP contribution < -0.4 is 5.32 Å². The number of likely N-dealkylation sites (tertiary alicyclic amines) is 1. The van der Waals surface area contributed by atoms with Gasteiger partial charge in [-0.3, -0.25) is 4.79 Å². The number of sulfone groups is 1. The fourth-order valence-electron chi connectivity index (χ4n) is 3.04. The highest BCUT2D eigenvalue weighted by Crippen LogP contribution is 2.21. The average molecular weight is 338 g/mol. The van der Waals surface area contributed by atoms with Crippen molar-refractivity contribution in [1.29, 1.82) is 0 Å². The molecule has 1 aliphatic rings. The van der Waals surface area contributed by atoms with E-state index in [0.717, 1.165) is 37.9 Å². The number of hydrogen-bond acceptors (Lipinski definition) is 4. The first-order valence-corrected chi connectivity index (χ1v) is 9.99. The highest BCUT2D eigenvalue weighted by molar-refractivity contribution is 7.90. The van der Waals surface area contributed by atoms with Crippen molar-refractivity contribution in [3.8, 4) is 0 Å². The minimum Gasteiger partial charge on any atom is -0.349 e. The van der Waals surface area contributed by atoms with E-state index in [9.17, 15) is 13.2 Å². The minimum absolute atomic E-state index is 0.0399. The Bertz CT molecular complexity index is 640. The van der Waals surface area contributed by atoms with Crippen LogP contribution in [0.4, 0.5) is 0 Å². The SMILES string of the molecule is CCC(NC(=O)C1CCCN(C)C1)c1ccc(S(C)(=O)=O)cc1. The van der Waals surface area contributed by atoms with E-state index in [-0.39, 0.29) is 17.9 Å². The quantitative estimate of drug-likeness (QED) is 0.892. The Kier molecular flexibility index (Phi) is 5.81. The molecule has 2 atom stereocenters. The van der Waals surface area contributed by atoms with Crippen molar-refractivity contribution < 1.29 is 13.2 Å². The molecule has 0 radical (unpaired) electrons. The number of hydrogen-bond donors (Lipinski definition) is 1. The molecule has 1 aromatic rings. The summed E-state index contributed by atoms with van der Waals surface area (Å²) in [4.78, 5) is 15.0. The second-order valence-electron chi connectivity index (χ2n) is 6.41. The van der Waals surface area contributed by atoms with Gasteiger partial charge in [0, 0.05) is 12.8 Å². The van der Waals surface area contributed by atoms with E-state index in [0.29, 0.717) is 4.90 Å². The molecule has 1 saturated heterocycles. The maximum atomic E-state index is 12.5. The molecule has 1 fully saturated rings. The third-order valence-electron chi connectivity index (χ3n) is 4.43. The Morgan fingerprint density at radius 3 is 2.52 bits per heavy atom. The Hall–Kier alpha value is -1.40. The molecule has 1 heterocycles. The van der Waals surface area contributed by atoms with Crippen LogP contribution >= 0.6 is 0 Å². The van der Waals surface area contributed by atoms with Crippen LogP contribution in [-0.2, 0) is 14.6 Å². The molecule has 1 N–H and O–H groups in total. The lowest BCUT2D eigenvalue weighted by atomic mass is 9.96. The van der Waals surface area contributed by atoms with Crippen LogP contribution in [0.25, 0.3) is 0 Å². The summed E-state index contributed by atoms with van der Waals surface area (Å²) in [6.45, 7) is 3.87. The molecule has 1 aliphatic heterocycles. The summed E-state index contributed by atoms with van der Waals surface area (Å²) in [5.41, 5.74) is 0.942. The van der Waals surface area contributed by atoms with Gasteiger partial charge in [0.15, 0.2) is 9.84 Å². The highest BCUT2D eigenvalue weighted by Gasteiger charge is 2.25. The summed E-state index contributed by atoms with van der Waals surface area (Å²) in [5.74, 6) is 0.133. The van der Waals surface area contributed by atoms with E-state index in [1.165, 1.54) is 6.26 Å². The predicted octanol–water partition coefficient (Wildman–Crippen LogP) is 2.00. The Balaban J connectivity index is 2.06. The van der Waals surface area contributed by atoms with Crippen molar-refractivity contribution in [3.05, 3.63) is 29.8 Å².